The molecule has 2 N–H and O–H groups in total. The Bertz CT molecular complexity index is 668. The van der Waals surface area contributed by atoms with E-state index in [0.717, 1.165) is 31.6 Å². The Morgan fingerprint density at radius 1 is 1.08 bits per heavy atom. The fourth-order valence-corrected chi connectivity index (χ4v) is 2.51. The molecule has 0 aliphatic rings. The first-order valence-electron chi connectivity index (χ1n) is 8.90. The maximum absolute atomic E-state index is 12.1. The van der Waals surface area contributed by atoms with Crippen LogP contribution >= 0.6 is 0 Å². The van der Waals surface area contributed by atoms with Gasteiger partial charge >= 0.3 is 0 Å². The molecule has 0 radical (unpaired) electrons. The summed E-state index contributed by atoms with van der Waals surface area (Å²) < 4.78 is 0. The van der Waals surface area contributed by atoms with Crippen molar-refractivity contribution in [3.63, 3.8) is 0 Å². The van der Waals surface area contributed by atoms with E-state index in [0.29, 0.717) is 18.1 Å². The first-order chi connectivity index (χ1) is 12.2. The summed E-state index contributed by atoms with van der Waals surface area (Å²) >= 11 is 0. The first-order valence-corrected chi connectivity index (χ1v) is 8.90. The van der Waals surface area contributed by atoms with E-state index < -0.39 is 0 Å². The van der Waals surface area contributed by atoms with Crippen LogP contribution in [0.2, 0.25) is 0 Å². The molecule has 6 heteroatoms. The minimum Gasteiger partial charge on any atom is -0.372 e. The topological polar surface area (TPSA) is 70.2 Å². The predicted octanol–water partition coefficient (Wildman–Crippen LogP) is 3.60. The summed E-state index contributed by atoms with van der Waals surface area (Å²) in [5.74, 6) is 0.432. The standard InChI is InChI=1S/C19H27N5O/c1-4-7-12-20-19(25)17-13-18(22-14-21-17)23-15-8-10-16(11-9-15)24(5-2)6-3/h8-11,13-14H,4-7,12H2,1-3H3,(H,20,25)(H,21,22,23). The van der Waals surface area contributed by atoms with Crippen LogP contribution in [0.15, 0.2) is 36.7 Å². The van der Waals surface area contributed by atoms with Crippen molar-refractivity contribution in [2.75, 3.05) is 29.9 Å². The maximum atomic E-state index is 12.1. The average Bonchev–Trinajstić information content (AvgIpc) is 2.64. The van der Waals surface area contributed by atoms with Crippen LogP contribution in [0.5, 0.6) is 0 Å². The van der Waals surface area contributed by atoms with Crippen LogP contribution in [0.1, 0.15) is 44.1 Å². The van der Waals surface area contributed by atoms with Crippen LogP contribution in [0.25, 0.3) is 0 Å². The molecule has 2 aromatic rings. The molecule has 0 saturated carbocycles. The number of nitrogens with zero attached hydrogens (tertiary/aromatic N) is 3. The normalized spacial score (nSPS) is 10.4. The molecule has 25 heavy (non-hydrogen) atoms. The number of carbonyl (C=O) groups excluding carboxylic acids is 1. The number of aromatic nitrogens is 2. The van der Waals surface area contributed by atoms with Crippen molar-refractivity contribution in [3.8, 4) is 0 Å². The van der Waals surface area contributed by atoms with Gasteiger partial charge in [-0.3, -0.25) is 4.79 Å². The zero-order chi connectivity index (χ0) is 18.1. The van der Waals surface area contributed by atoms with Gasteiger partial charge in [0.2, 0.25) is 0 Å². The lowest BCUT2D eigenvalue weighted by Crippen LogP contribution is -2.25. The van der Waals surface area contributed by atoms with Crippen LogP contribution in [-0.2, 0) is 0 Å². The Hall–Kier alpha value is -2.63. The molecule has 1 amide bonds. The summed E-state index contributed by atoms with van der Waals surface area (Å²) in [4.78, 5) is 22.6. The highest BCUT2D eigenvalue weighted by Gasteiger charge is 2.08. The van der Waals surface area contributed by atoms with Crippen LogP contribution < -0.4 is 15.5 Å². The van der Waals surface area contributed by atoms with Crippen molar-refractivity contribution in [1.82, 2.24) is 15.3 Å². The SMILES string of the molecule is CCCCNC(=O)c1cc(Nc2ccc(N(CC)CC)cc2)ncn1. The van der Waals surface area contributed by atoms with Gasteiger partial charge in [0.05, 0.1) is 0 Å². The van der Waals surface area contributed by atoms with E-state index in [9.17, 15) is 4.79 Å². The Balaban J connectivity index is 2.03. The fraction of sp³-hybridized carbons (Fsp3) is 0.421. The molecule has 1 heterocycles. The second-order valence-electron chi connectivity index (χ2n) is 5.74. The van der Waals surface area contributed by atoms with E-state index in [4.69, 9.17) is 0 Å². The zero-order valence-corrected chi connectivity index (χ0v) is 15.2. The van der Waals surface area contributed by atoms with E-state index in [1.807, 2.05) is 12.1 Å². The minimum atomic E-state index is -0.171. The summed E-state index contributed by atoms with van der Waals surface area (Å²) in [5.41, 5.74) is 2.48. The van der Waals surface area contributed by atoms with E-state index >= 15 is 0 Å². The molecular formula is C19H27N5O. The molecule has 0 spiro atoms. The van der Waals surface area contributed by atoms with E-state index in [-0.39, 0.29) is 5.91 Å². The smallest absolute Gasteiger partial charge is 0.270 e. The molecule has 2 rings (SSSR count). The van der Waals surface area contributed by atoms with E-state index in [1.165, 1.54) is 12.0 Å². The third-order valence-corrected chi connectivity index (χ3v) is 3.98. The Morgan fingerprint density at radius 2 is 1.80 bits per heavy atom. The Labute approximate surface area is 149 Å². The quantitative estimate of drug-likeness (QED) is 0.682. The van der Waals surface area contributed by atoms with E-state index in [2.05, 4.69) is 58.4 Å². The second-order valence-corrected chi connectivity index (χ2v) is 5.74. The number of unbranched alkanes of at least 4 members (excludes halogenated alkanes) is 1. The van der Waals surface area contributed by atoms with E-state index in [1.54, 1.807) is 6.07 Å². The minimum absolute atomic E-state index is 0.171. The summed E-state index contributed by atoms with van der Waals surface area (Å²) in [6, 6.07) is 9.84. The molecule has 0 aliphatic carbocycles. The van der Waals surface area contributed by atoms with Crippen molar-refractivity contribution in [1.29, 1.82) is 0 Å². The molecule has 0 bridgehead atoms. The van der Waals surface area contributed by atoms with Gasteiger partial charge in [0.1, 0.15) is 17.8 Å². The van der Waals surface area contributed by atoms with Gasteiger partial charge < -0.3 is 15.5 Å². The monoisotopic (exact) mass is 341 g/mol. The van der Waals surface area contributed by atoms with Gasteiger partial charge in [-0.05, 0) is 44.5 Å². The van der Waals surface area contributed by atoms with Crippen molar-refractivity contribution in [2.45, 2.75) is 33.6 Å². The van der Waals surface area contributed by atoms with Crippen molar-refractivity contribution >= 4 is 23.1 Å². The molecule has 0 saturated heterocycles. The zero-order valence-electron chi connectivity index (χ0n) is 15.2. The van der Waals surface area contributed by atoms with Crippen LogP contribution in [0.3, 0.4) is 0 Å². The van der Waals surface area contributed by atoms with Crippen LogP contribution in [0.4, 0.5) is 17.2 Å². The van der Waals surface area contributed by atoms with Crippen LogP contribution in [0, 0.1) is 0 Å². The summed E-state index contributed by atoms with van der Waals surface area (Å²) in [7, 11) is 0. The Kier molecular flexibility index (Phi) is 7.19. The summed E-state index contributed by atoms with van der Waals surface area (Å²) in [6.07, 6.45) is 3.41. The number of hydrogen-bond donors (Lipinski definition) is 2. The van der Waals surface area contributed by atoms with Gasteiger partial charge in [-0.25, -0.2) is 9.97 Å². The van der Waals surface area contributed by atoms with Gasteiger partial charge in [0.15, 0.2) is 0 Å². The average molecular weight is 341 g/mol. The lowest BCUT2D eigenvalue weighted by Gasteiger charge is -2.21. The fourth-order valence-electron chi connectivity index (χ4n) is 2.51. The highest BCUT2D eigenvalue weighted by molar-refractivity contribution is 5.92. The van der Waals surface area contributed by atoms with Gasteiger partial charge in [0.25, 0.3) is 5.91 Å². The highest BCUT2D eigenvalue weighted by atomic mass is 16.1. The van der Waals surface area contributed by atoms with Crippen LogP contribution in [-0.4, -0.2) is 35.5 Å². The lowest BCUT2D eigenvalue weighted by atomic mass is 10.2. The third kappa shape index (κ3) is 5.45. The van der Waals surface area contributed by atoms with Gasteiger partial charge in [-0.15, -0.1) is 0 Å². The van der Waals surface area contributed by atoms with Crippen molar-refractivity contribution < 1.29 is 4.79 Å². The predicted molar refractivity (Wildman–Crippen MR) is 103 cm³/mol. The number of benzene rings is 1. The number of amides is 1. The molecule has 1 aromatic carbocycles. The number of rotatable bonds is 9. The summed E-state index contributed by atoms with van der Waals surface area (Å²) in [6.45, 7) is 8.99. The van der Waals surface area contributed by atoms with Gasteiger partial charge in [-0.1, -0.05) is 13.3 Å². The Morgan fingerprint density at radius 3 is 2.44 bits per heavy atom. The number of nitrogens with one attached hydrogen (secondary N) is 2. The summed E-state index contributed by atoms with van der Waals surface area (Å²) in [5, 5.41) is 6.08. The molecule has 6 nitrogen and oxygen atoms in total. The molecule has 134 valence electrons. The van der Waals surface area contributed by atoms with Gasteiger partial charge in [0, 0.05) is 37.1 Å². The molecule has 0 fully saturated rings. The molecule has 0 atom stereocenters. The third-order valence-electron chi connectivity index (χ3n) is 3.98. The molecule has 0 unspecified atom stereocenters. The van der Waals surface area contributed by atoms with Crippen molar-refractivity contribution in [2.24, 2.45) is 0 Å². The molecule has 1 aromatic heterocycles. The second kappa shape index (κ2) is 9.61. The largest absolute Gasteiger partial charge is 0.372 e. The molecule has 0 aliphatic heterocycles. The molecular weight excluding hydrogens is 314 g/mol. The number of hydrogen-bond acceptors (Lipinski definition) is 5. The van der Waals surface area contributed by atoms with Gasteiger partial charge in [-0.2, -0.15) is 0 Å². The lowest BCUT2D eigenvalue weighted by molar-refractivity contribution is 0.0948. The maximum Gasteiger partial charge on any atom is 0.270 e. The first kappa shape index (κ1) is 18.7. The number of anilines is 3. The highest BCUT2D eigenvalue weighted by Crippen LogP contribution is 2.20. The van der Waals surface area contributed by atoms with Crippen molar-refractivity contribution in [3.05, 3.63) is 42.4 Å². The number of carbonyl (C=O) groups is 1.